The second kappa shape index (κ2) is 8.30. The standard InChI is InChI=1S/C24H18F3N3O2/c1-2-28-17-7-3-14(4-8-17)15-5-9-21(29-13-15)22-12-19(23(31)32)18-11-16(24(25,26)27)6-10-20(18)30-22/h3-13,28H,2H2,1H3,(H,31,32). The monoisotopic (exact) mass is 437 g/mol. The third-order valence-electron chi connectivity index (χ3n) is 4.99. The zero-order valence-electron chi connectivity index (χ0n) is 16.9. The molecule has 0 saturated carbocycles. The van der Waals surface area contributed by atoms with Crippen molar-refractivity contribution in [3.63, 3.8) is 0 Å². The van der Waals surface area contributed by atoms with E-state index in [1.54, 1.807) is 12.3 Å². The largest absolute Gasteiger partial charge is 0.478 e. The van der Waals surface area contributed by atoms with Gasteiger partial charge in [0.05, 0.1) is 28.0 Å². The summed E-state index contributed by atoms with van der Waals surface area (Å²) in [7, 11) is 0. The Bertz CT molecular complexity index is 1290. The van der Waals surface area contributed by atoms with Gasteiger partial charge in [-0.15, -0.1) is 0 Å². The minimum atomic E-state index is -4.58. The zero-order chi connectivity index (χ0) is 22.9. The van der Waals surface area contributed by atoms with E-state index in [-0.39, 0.29) is 22.2 Å². The van der Waals surface area contributed by atoms with Gasteiger partial charge in [-0.25, -0.2) is 9.78 Å². The fourth-order valence-corrected chi connectivity index (χ4v) is 3.41. The number of nitrogens with one attached hydrogen (secondary N) is 1. The number of hydrogen-bond acceptors (Lipinski definition) is 4. The molecule has 0 aliphatic rings. The van der Waals surface area contributed by atoms with Gasteiger partial charge in [0, 0.05) is 29.4 Å². The van der Waals surface area contributed by atoms with Crippen LogP contribution in [0.5, 0.6) is 0 Å². The van der Waals surface area contributed by atoms with Crippen molar-refractivity contribution in [1.29, 1.82) is 0 Å². The Morgan fingerprint density at radius 1 is 0.969 bits per heavy atom. The van der Waals surface area contributed by atoms with E-state index in [0.29, 0.717) is 5.69 Å². The van der Waals surface area contributed by atoms with E-state index in [0.717, 1.165) is 35.5 Å². The number of carboxylic acids is 1. The quantitative estimate of drug-likeness (QED) is 0.394. The lowest BCUT2D eigenvalue weighted by Crippen LogP contribution is -2.06. The topological polar surface area (TPSA) is 75.1 Å². The Morgan fingerprint density at radius 2 is 1.69 bits per heavy atom. The average molecular weight is 437 g/mol. The highest BCUT2D eigenvalue weighted by atomic mass is 19.4. The van der Waals surface area contributed by atoms with Gasteiger partial charge in [0.1, 0.15) is 0 Å². The van der Waals surface area contributed by atoms with E-state index >= 15 is 0 Å². The van der Waals surface area contributed by atoms with Crippen LogP contribution in [0.4, 0.5) is 18.9 Å². The van der Waals surface area contributed by atoms with E-state index in [1.165, 1.54) is 12.1 Å². The summed E-state index contributed by atoms with van der Waals surface area (Å²) >= 11 is 0. The Labute approximate surface area is 181 Å². The van der Waals surface area contributed by atoms with Gasteiger partial charge < -0.3 is 10.4 Å². The molecular weight excluding hydrogens is 419 g/mol. The number of hydrogen-bond donors (Lipinski definition) is 2. The highest BCUT2D eigenvalue weighted by Crippen LogP contribution is 2.33. The first kappa shape index (κ1) is 21.3. The van der Waals surface area contributed by atoms with Crippen molar-refractivity contribution in [2.24, 2.45) is 0 Å². The van der Waals surface area contributed by atoms with Crippen LogP contribution in [0.3, 0.4) is 0 Å². The van der Waals surface area contributed by atoms with Crippen LogP contribution in [0.1, 0.15) is 22.8 Å². The fraction of sp³-hybridized carbons (Fsp3) is 0.125. The first-order chi connectivity index (χ1) is 15.3. The average Bonchev–Trinajstić information content (AvgIpc) is 2.78. The molecule has 0 spiro atoms. The molecule has 0 amide bonds. The Hall–Kier alpha value is -3.94. The predicted octanol–water partition coefficient (Wildman–Crippen LogP) is 6.11. The lowest BCUT2D eigenvalue weighted by atomic mass is 10.0. The van der Waals surface area contributed by atoms with Crippen LogP contribution in [0, 0.1) is 0 Å². The number of aromatic carboxylic acids is 1. The summed E-state index contributed by atoms with van der Waals surface area (Å²) in [5, 5.41) is 12.7. The van der Waals surface area contributed by atoms with Crippen molar-refractivity contribution < 1.29 is 23.1 Å². The molecule has 0 radical (unpaired) electrons. The molecule has 2 heterocycles. The molecule has 8 heteroatoms. The summed E-state index contributed by atoms with van der Waals surface area (Å²) in [6.07, 6.45) is -2.93. The third-order valence-corrected chi connectivity index (χ3v) is 4.99. The van der Waals surface area contributed by atoms with Gasteiger partial charge >= 0.3 is 12.1 Å². The minimum absolute atomic E-state index is 0.0755. The number of rotatable bonds is 5. The van der Waals surface area contributed by atoms with Crippen molar-refractivity contribution in [2.75, 3.05) is 11.9 Å². The number of nitrogens with zero attached hydrogens (tertiary/aromatic N) is 2. The summed E-state index contributed by atoms with van der Waals surface area (Å²) in [6, 6.07) is 15.5. The number of aromatic nitrogens is 2. The van der Waals surface area contributed by atoms with Gasteiger partial charge in [-0.05, 0) is 55.0 Å². The first-order valence-corrected chi connectivity index (χ1v) is 9.82. The number of anilines is 1. The number of halogens is 3. The van der Waals surface area contributed by atoms with Crippen molar-refractivity contribution in [2.45, 2.75) is 13.1 Å². The van der Waals surface area contributed by atoms with Crippen LogP contribution in [0.2, 0.25) is 0 Å². The smallest absolute Gasteiger partial charge is 0.416 e. The van der Waals surface area contributed by atoms with Gasteiger partial charge in [-0.3, -0.25) is 4.98 Å². The van der Waals surface area contributed by atoms with Crippen LogP contribution >= 0.6 is 0 Å². The van der Waals surface area contributed by atoms with E-state index in [2.05, 4.69) is 15.3 Å². The molecule has 5 nitrogen and oxygen atoms in total. The van der Waals surface area contributed by atoms with E-state index < -0.39 is 17.7 Å². The number of alkyl halides is 3. The van der Waals surface area contributed by atoms with Crippen molar-refractivity contribution >= 4 is 22.6 Å². The number of benzene rings is 2. The molecule has 0 atom stereocenters. The number of fused-ring (bicyclic) bond motifs is 1. The second-order valence-electron chi connectivity index (χ2n) is 7.13. The molecule has 0 aliphatic heterocycles. The summed E-state index contributed by atoms with van der Waals surface area (Å²) < 4.78 is 39.1. The van der Waals surface area contributed by atoms with Gasteiger partial charge in [0.2, 0.25) is 0 Å². The van der Waals surface area contributed by atoms with Crippen LogP contribution in [-0.4, -0.2) is 27.6 Å². The summed E-state index contributed by atoms with van der Waals surface area (Å²) in [5.41, 5.74) is 2.49. The zero-order valence-corrected chi connectivity index (χ0v) is 16.9. The molecule has 2 N–H and O–H groups in total. The van der Waals surface area contributed by atoms with E-state index in [1.807, 2.05) is 37.3 Å². The molecule has 2 aromatic heterocycles. The molecular formula is C24H18F3N3O2. The fourth-order valence-electron chi connectivity index (χ4n) is 3.41. The Kier molecular flexibility index (Phi) is 5.52. The van der Waals surface area contributed by atoms with E-state index in [4.69, 9.17) is 0 Å². The third kappa shape index (κ3) is 4.25. The Balaban J connectivity index is 1.72. The van der Waals surface area contributed by atoms with E-state index in [9.17, 15) is 23.1 Å². The van der Waals surface area contributed by atoms with Gasteiger partial charge in [0.15, 0.2) is 0 Å². The minimum Gasteiger partial charge on any atom is -0.478 e. The molecule has 162 valence electrons. The van der Waals surface area contributed by atoms with Crippen LogP contribution in [0.15, 0.2) is 66.9 Å². The predicted molar refractivity (Wildman–Crippen MR) is 117 cm³/mol. The van der Waals surface area contributed by atoms with Gasteiger partial charge in [-0.1, -0.05) is 18.2 Å². The summed E-state index contributed by atoms with van der Waals surface area (Å²) in [5.74, 6) is -1.34. The van der Waals surface area contributed by atoms with Crippen LogP contribution < -0.4 is 5.32 Å². The first-order valence-electron chi connectivity index (χ1n) is 9.82. The molecule has 0 unspecified atom stereocenters. The molecule has 4 aromatic rings. The second-order valence-corrected chi connectivity index (χ2v) is 7.13. The summed E-state index contributed by atoms with van der Waals surface area (Å²) in [6.45, 7) is 2.84. The Morgan fingerprint density at radius 3 is 2.28 bits per heavy atom. The molecule has 0 saturated heterocycles. The molecule has 2 aromatic carbocycles. The number of pyridine rings is 2. The number of carbonyl (C=O) groups is 1. The molecule has 0 aliphatic carbocycles. The lowest BCUT2D eigenvalue weighted by Gasteiger charge is -2.11. The maximum Gasteiger partial charge on any atom is 0.416 e. The van der Waals surface area contributed by atoms with Gasteiger partial charge in [-0.2, -0.15) is 13.2 Å². The SMILES string of the molecule is CCNc1ccc(-c2ccc(-c3cc(C(=O)O)c4cc(C(F)(F)F)ccc4n3)nc2)cc1. The lowest BCUT2D eigenvalue weighted by molar-refractivity contribution is -0.137. The molecule has 0 fully saturated rings. The maximum atomic E-state index is 13.0. The maximum absolute atomic E-state index is 13.0. The van der Waals surface area contributed by atoms with Crippen LogP contribution in [-0.2, 0) is 6.18 Å². The van der Waals surface area contributed by atoms with Crippen LogP contribution in [0.25, 0.3) is 33.4 Å². The number of carboxylic acid groups (broad SMARTS) is 1. The highest BCUT2D eigenvalue weighted by molar-refractivity contribution is 6.03. The van der Waals surface area contributed by atoms with Crippen molar-refractivity contribution in [1.82, 2.24) is 9.97 Å². The molecule has 32 heavy (non-hydrogen) atoms. The van der Waals surface area contributed by atoms with Gasteiger partial charge in [0.25, 0.3) is 0 Å². The highest BCUT2D eigenvalue weighted by Gasteiger charge is 2.31. The van der Waals surface area contributed by atoms with Crippen molar-refractivity contribution in [3.8, 4) is 22.5 Å². The van der Waals surface area contributed by atoms with Crippen molar-refractivity contribution in [3.05, 3.63) is 78.0 Å². The molecule has 4 rings (SSSR count). The normalized spacial score (nSPS) is 11.5. The molecule has 0 bridgehead atoms. The summed E-state index contributed by atoms with van der Waals surface area (Å²) in [4.78, 5) is 20.5.